The molecule has 3 N–H and O–H groups in total. The molecule has 0 aliphatic rings. The van der Waals surface area contributed by atoms with Gasteiger partial charge >= 0.3 is 0 Å². The lowest BCUT2D eigenvalue weighted by Crippen LogP contribution is -2.23. The van der Waals surface area contributed by atoms with E-state index in [9.17, 15) is 18.4 Å². The Morgan fingerprint density at radius 1 is 1.06 bits per heavy atom. The van der Waals surface area contributed by atoms with Crippen LogP contribution in [0.15, 0.2) is 47.5 Å². The predicted molar refractivity (Wildman–Crippen MR) is 136 cm³/mol. The van der Waals surface area contributed by atoms with Crippen molar-refractivity contribution in [2.24, 2.45) is 4.99 Å². The number of anilines is 1. The van der Waals surface area contributed by atoms with Gasteiger partial charge in [-0.05, 0) is 36.8 Å². The van der Waals surface area contributed by atoms with Gasteiger partial charge in [0.1, 0.15) is 11.7 Å². The zero-order valence-corrected chi connectivity index (χ0v) is 21.2. The van der Waals surface area contributed by atoms with Gasteiger partial charge < -0.3 is 15.5 Å². The fourth-order valence-corrected chi connectivity index (χ4v) is 2.87. The molecule has 0 saturated carbocycles. The van der Waals surface area contributed by atoms with Crippen LogP contribution in [0.2, 0.25) is 5.02 Å². The van der Waals surface area contributed by atoms with Gasteiger partial charge in [0.25, 0.3) is 11.8 Å². The monoisotopic (exact) mass is 546 g/mol. The van der Waals surface area contributed by atoms with Crippen LogP contribution in [0.3, 0.4) is 0 Å². The van der Waals surface area contributed by atoms with Crippen LogP contribution in [0.25, 0.3) is 0 Å². The lowest BCUT2D eigenvalue weighted by Gasteiger charge is -2.11. The maximum Gasteiger partial charge on any atom is 0.272 e. The maximum atomic E-state index is 13.4. The van der Waals surface area contributed by atoms with Gasteiger partial charge in [-0.1, -0.05) is 23.7 Å². The fraction of sp³-hybridized carbons (Fsp3) is 0.182. The Kier molecular flexibility index (Phi) is 11.1. The molecule has 1 heterocycles. The van der Waals surface area contributed by atoms with Crippen LogP contribution < -0.4 is 10.6 Å². The van der Waals surface area contributed by atoms with Gasteiger partial charge in [0, 0.05) is 26.7 Å². The van der Waals surface area contributed by atoms with Crippen molar-refractivity contribution in [2.45, 2.75) is 13.5 Å². The average Bonchev–Trinajstić information content (AvgIpc) is 3.24. The highest BCUT2D eigenvalue weighted by Gasteiger charge is 2.17. The van der Waals surface area contributed by atoms with Gasteiger partial charge in [-0.25, -0.2) is 13.8 Å². The molecule has 0 atom stereocenters. The summed E-state index contributed by atoms with van der Waals surface area (Å²) < 4.78 is 26.6. The average molecular weight is 548 g/mol. The number of amidine groups is 1. The third kappa shape index (κ3) is 7.91. The lowest BCUT2D eigenvalue weighted by molar-refractivity contribution is 0.0945. The van der Waals surface area contributed by atoms with Crippen molar-refractivity contribution < 1.29 is 18.4 Å². The van der Waals surface area contributed by atoms with Crippen molar-refractivity contribution in [2.75, 3.05) is 19.4 Å². The third-order valence-electron chi connectivity index (χ3n) is 4.64. The van der Waals surface area contributed by atoms with Crippen LogP contribution in [0, 0.1) is 11.6 Å². The molecule has 35 heavy (non-hydrogen) atoms. The molecule has 2 aromatic carbocycles. The summed E-state index contributed by atoms with van der Waals surface area (Å²) in [5.74, 6) is -2.68. The molecule has 0 spiro atoms. The van der Waals surface area contributed by atoms with E-state index in [0.29, 0.717) is 12.1 Å². The largest absolute Gasteiger partial charge is 0.366 e. The van der Waals surface area contributed by atoms with Gasteiger partial charge in [0.2, 0.25) is 0 Å². The Balaban J connectivity index is 0.00000306. The number of H-pyrrole nitrogens is 1. The third-order valence-corrected chi connectivity index (χ3v) is 4.95. The number of nitrogens with zero attached hydrogens (tertiary/aromatic N) is 3. The fourth-order valence-electron chi connectivity index (χ4n) is 2.64. The van der Waals surface area contributed by atoms with E-state index < -0.39 is 23.4 Å². The number of hydrogen-bond donors (Lipinski definition) is 3. The van der Waals surface area contributed by atoms with E-state index in [2.05, 4.69) is 25.8 Å². The number of aromatic nitrogens is 2. The van der Waals surface area contributed by atoms with Gasteiger partial charge in [-0.15, -0.1) is 24.8 Å². The normalized spacial score (nSPS) is 10.6. The second kappa shape index (κ2) is 13.0. The highest BCUT2D eigenvalue weighted by Crippen LogP contribution is 2.21. The quantitative estimate of drug-likeness (QED) is 0.230. The zero-order valence-electron chi connectivity index (χ0n) is 18.9. The topological polar surface area (TPSA) is 102 Å². The van der Waals surface area contributed by atoms with Crippen LogP contribution >= 0.6 is 36.4 Å². The van der Waals surface area contributed by atoms with Crippen molar-refractivity contribution in [3.8, 4) is 0 Å². The van der Waals surface area contributed by atoms with Gasteiger partial charge in [0.15, 0.2) is 17.3 Å². The van der Waals surface area contributed by atoms with E-state index in [4.69, 9.17) is 11.6 Å². The van der Waals surface area contributed by atoms with E-state index in [-0.39, 0.29) is 53.5 Å². The van der Waals surface area contributed by atoms with Crippen LogP contribution in [0.4, 0.5) is 20.3 Å². The number of amides is 2. The Bertz CT molecular complexity index is 1220. The minimum Gasteiger partial charge on any atom is -0.366 e. The summed E-state index contributed by atoms with van der Waals surface area (Å²) in [4.78, 5) is 31.0. The van der Waals surface area contributed by atoms with Crippen molar-refractivity contribution >= 4 is 65.6 Å². The summed E-state index contributed by atoms with van der Waals surface area (Å²) in [5.41, 5.74) is 1.43. The van der Waals surface area contributed by atoms with Crippen molar-refractivity contribution in [3.05, 3.63) is 75.9 Å². The number of rotatable bonds is 6. The molecule has 0 radical (unpaired) electrons. The van der Waals surface area contributed by atoms with Crippen molar-refractivity contribution in [1.29, 1.82) is 0 Å². The molecule has 1 aromatic heterocycles. The number of carbonyl (C=O) groups is 2. The summed E-state index contributed by atoms with van der Waals surface area (Å²) in [6, 6.07) is 10.1. The number of halogens is 5. The molecule has 0 aliphatic heterocycles. The molecule has 2 amide bonds. The lowest BCUT2D eigenvalue weighted by atomic mass is 10.2. The van der Waals surface area contributed by atoms with Crippen LogP contribution in [-0.2, 0) is 6.54 Å². The van der Waals surface area contributed by atoms with Crippen LogP contribution in [0.1, 0.15) is 33.3 Å². The molecule has 0 bridgehead atoms. The van der Waals surface area contributed by atoms with Gasteiger partial charge in [-0.3, -0.25) is 14.7 Å². The van der Waals surface area contributed by atoms with Gasteiger partial charge in [0.05, 0.1) is 16.3 Å². The molecule has 8 nitrogen and oxygen atoms in total. The molecule has 13 heteroatoms. The predicted octanol–water partition coefficient (Wildman–Crippen LogP) is 4.98. The van der Waals surface area contributed by atoms with Crippen LogP contribution in [-0.4, -0.2) is 46.8 Å². The summed E-state index contributed by atoms with van der Waals surface area (Å²) in [5, 5.41) is 11.2. The molecule has 3 rings (SSSR count). The summed E-state index contributed by atoms with van der Waals surface area (Å²) >= 11 is 5.80. The summed E-state index contributed by atoms with van der Waals surface area (Å²) in [6.45, 7) is 2.16. The Labute approximate surface area is 218 Å². The Morgan fingerprint density at radius 3 is 2.31 bits per heavy atom. The van der Waals surface area contributed by atoms with E-state index >= 15 is 0 Å². The maximum absolute atomic E-state index is 13.4. The first-order valence-electron chi connectivity index (χ1n) is 9.75. The van der Waals surface area contributed by atoms with Crippen LogP contribution in [0.5, 0.6) is 0 Å². The minimum absolute atomic E-state index is 0. The van der Waals surface area contributed by atoms with Crippen molar-refractivity contribution in [1.82, 2.24) is 20.4 Å². The zero-order chi connectivity index (χ0) is 24.1. The number of aliphatic imine (C=N–C) groups is 1. The minimum atomic E-state index is -1.21. The van der Waals surface area contributed by atoms with Crippen molar-refractivity contribution in [3.63, 3.8) is 0 Å². The van der Waals surface area contributed by atoms with E-state index in [1.165, 1.54) is 6.07 Å². The number of aromatic amines is 1. The second-order valence-corrected chi connectivity index (χ2v) is 7.68. The number of benzene rings is 2. The highest BCUT2D eigenvalue weighted by molar-refractivity contribution is 6.34. The number of hydrogen-bond acceptors (Lipinski definition) is 4. The molecular formula is C22H23Cl3F2N6O2. The molecule has 0 aliphatic carbocycles. The molecule has 0 unspecified atom stereocenters. The van der Waals surface area contributed by atoms with E-state index in [1.54, 1.807) is 0 Å². The highest BCUT2D eigenvalue weighted by atomic mass is 35.5. The molecule has 0 saturated heterocycles. The second-order valence-electron chi connectivity index (χ2n) is 7.27. The number of carbonyl (C=O) groups excluding carboxylic acids is 2. The molecule has 188 valence electrons. The summed E-state index contributed by atoms with van der Waals surface area (Å²) in [7, 11) is 3.82. The summed E-state index contributed by atoms with van der Waals surface area (Å²) in [6.07, 6.45) is 0. The first kappa shape index (κ1) is 29.8. The molecular weight excluding hydrogens is 525 g/mol. The molecule has 0 fully saturated rings. The Morgan fingerprint density at radius 2 is 1.69 bits per heavy atom. The van der Waals surface area contributed by atoms with E-state index in [0.717, 1.165) is 17.1 Å². The smallest absolute Gasteiger partial charge is 0.272 e. The Hall–Kier alpha value is -3.21. The molecule has 3 aromatic rings. The standard InChI is InChI=1S/C22H21ClF2N6O2.2ClH/c1-12(31(2)3)27-14-6-4-13(5-7-14)11-26-22(33)19-10-20(30-29-19)28-21(32)15-8-17(24)18(25)9-16(15)23;;/h4-10H,11H2,1-3H3,(H,26,33)(H2,28,29,30,32);2*1H. The van der Waals surface area contributed by atoms with Gasteiger partial charge in [-0.2, -0.15) is 5.10 Å². The first-order chi connectivity index (χ1) is 15.6. The van der Waals surface area contributed by atoms with E-state index in [1.807, 2.05) is 50.2 Å². The number of nitrogens with one attached hydrogen (secondary N) is 3. The first-order valence-corrected chi connectivity index (χ1v) is 10.1. The SMILES string of the molecule is CC(=Nc1ccc(CNC(=O)c2cc(NC(=O)c3cc(F)c(F)cc3Cl)[nH]n2)cc1)N(C)C.Cl.Cl.